The number of rotatable bonds is 9. The van der Waals surface area contributed by atoms with Gasteiger partial charge in [0.15, 0.2) is 0 Å². The van der Waals surface area contributed by atoms with Crippen molar-refractivity contribution in [1.82, 2.24) is 19.4 Å². The number of aliphatic hydroxyl groups excluding tert-OH is 2. The Kier molecular flexibility index (Phi) is 5.90. The van der Waals surface area contributed by atoms with Crippen molar-refractivity contribution in [2.75, 3.05) is 13.2 Å². The zero-order chi connectivity index (χ0) is 24.8. The van der Waals surface area contributed by atoms with E-state index in [4.69, 9.17) is 18.7 Å². The molecule has 3 N–H and O–H groups in total. The number of aliphatic hydroxyl groups is 2. The molecule has 36 heavy (non-hydrogen) atoms. The highest BCUT2D eigenvalue weighted by atomic mass is 16.7. The molecule has 4 heterocycles. The van der Waals surface area contributed by atoms with Crippen LogP contribution in [-0.4, -0.2) is 61.8 Å². The highest BCUT2D eigenvalue weighted by Gasteiger charge is 2.57. The van der Waals surface area contributed by atoms with Gasteiger partial charge in [0.05, 0.1) is 24.3 Å². The van der Waals surface area contributed by atoms with Crippen molar-refractivity contribution in [2.24, 2.45) is 0 Å². The second-order valence-corrected chi connectivity index (χ2v) is 9.01. The van der Waals surface area contributed by atoms with Crippen LogP contribution >= 0.6 is 0 Å². The molecule has 1 saturated heterocycles. The lowest BCUT2D eigenvalue weighted by Gasteiger charge is -2.35. The van der Waals surface area contributed by atoms with Crippen LogP contribution in [0.2, 0.25) is 0 Å². The molecule has 12 heteroatoms. The number of nitrogens with zero attached hydrogens (tertiary/aromatic N) is 3. The molecule has 1 fully saturated rings. The fraction of sp³-hybridized carbons (Fsp3) is 0.417. The van der Waals surface area contributed by atoms with Crippen molar-refractivity contribution >= 4 is 0 Å². The third-order valence-electron chi connectivity index (χ3n) is 6.70. The maximum atomic E-state index is 13.4. The van der Waals surface area contributed by atoms with Gasteiger partial charge in [-0.25, -0.2) is 23.5 Å². The molecule has 0 saturated carbocycles. The number of ether oxygens (including phenoxy) is 2. The molecule has 2 aliphatic heterocycles. The predicted molar refractivity (Wildman–Crippen MR) is 123 cm³/mol. The number of epoxide rings is 1. The van der Waals surface area contributed by atoms with Gasteiger partial charge in [-0.1, -0.05) is 18.2 Å². The number of fused-ring (bicyclic) bond motifs is 4. The summed E-state index contributed by atoms with van der Waals surface area (Å²) >= 11 is 0. The van der Waals surface area contributed by atoms with Crippen molar-refractivity contribution in [1.29, 1.82) is 0 Å². The van der Waals surface area contributed by atoms with E-state index in [1.54, 1.807) is 48.7 Å². The first kappa shape index (κ1) is 23.0. The van der Waals surface area contributed by atoms with Crippen molar-refractivity contribution in [3.05, 3.63) is 86.7 Å². The van der Waals surface area contributed by atoms with E-state index in [2.05, 4.69) is 5.48 Å². The largest absolute Gasteiger partial charge is 0.467 e. The molecule has 0 spiro atoms. The third kappa shape index (κ3) is 3.92. The highest BCUT2D eigenvalue weighted by Crippen LogP contribution is 2.46. The molecule has 2 aromatic heterocycles. The lowest BCUT2D eigenvalue weighted by atomic mass is 9.86. The fourth-order valence-electron chi connectivity index (χ4n) is 4.99. The summed E-state index contributed by atoms with van der Waals surface area (Å²) in [7, 11) is 0. The van der Waals surface area contributed by atoms with Crippen LogP contribution in [-0.2, 0) is 27.5 Å². The lowest BCUT2D eigenvalue weighted by molar-refractivity contribution is -0.0502. The molecule has 3 aliphatic rings. The van der Waals surface area contributed by atoms with Crippen molar-refractivity contribution in [2.45, 2.75) is 50.0 Å². The highest BCUT2D eigenvalue weighted by molar-refractivity contribution is 5.35. The van der Waals surface area contributed by atoms with Crippen molar-refractivity contribution < 1.29 is 28.9 Å². The van der Waals surface area contributed by atoms with Crippen LogP contribution in [0.5, 0.6) is 0 Å². The zero-order valence-electron chi connectivity index (χ0n) is 19.2. The van der Waals surface area contributed by atoms with E-state index in [1.165, 1.54) is 9.36 Å². The van der Waals surface area contributed by atoms with Crippen LogP contribution in [0, 0.1) is 0 Å². The van der Waals surface area contributed by atoms with E-state index >= 15 is 0 Å². The van der Waals surface area contributed by atoms with Gasteiger partial charge in [0.1, 0.15) is 49.4 Å². The molecule has 5 atom stereocenters. The Labute approximate surface area is 204 Å². The molecule has 190 valence electrons. The van der Waals surface area contributed by atoms with Gasteiger partial charge in [0.2, 0.25) is 0 Å². The summed E-state index contributed by atoms with van der Waals surface area (Å²) in [6.07, 6.45) is -0.839. The van der Waals surface area contributed by atoms with Gasteiger partial charge in [-0.15, -0.1) is 0 Å². The summed E-state index contributed by atoms with van der Waals surface area (Å²) in [5.74, 6) is 0.657. The standard InChI is InChI=1S/C24H26N4O8/c29-15(11-33-13-16-7-4-10-34-16)12-35-25-18-17-8-9-26-23(31)27(14-5-2-1-3-6-14)24(32)28(26)19(17)20(30)22-21(18)36-22/h1-7,10,15,19-22,25,29-30H,8-9,11-13H2/t15-,19+,20-,21+,22-/m0/s1. The second-order valence-electron chi connectivity index (χ2n) is 9.01. The summed E-state index contributed by atoms with van der Waals surface area (Å²) in [5, 5.41) is 21.2. The molecule has 0 unspecified atom stereocenters. The molecule has 0 bridgehead atoms. The number of hydroxylamine groups is 1. The number of para-hydroxylation sites is 1. The van der Waals surface area contributed by atoms with E-state index in [1.807, 2.05) is 0 Å². The van der Waals surface area contributed by atoms with Gasteiger partial charge in [0.25, 0.3) is 0 Å². The van der Waals surface area contributed by atoms with Gasteiger partial charge >= 0.3 is 11.4 Å². The van der Waals surface area contributed by atoms with Crippen LogP contribution in [0.4, 0.5) is 0 Å². The van der Waals surface area contributed by atoms with Gasteiger partial charge in [-0.3, -0.25) is 10.3 Å². The molecule has 0 amide bonds. The smallest absolute Gasteiger partial charge is 0.352 e. The molecular formula is C24H26N4O8. The third-order valence-corrected chi connectivity index (χ3v) is 6.70. The Balaban J connectivity index is 1.20. The Morgan fingerprint density at radius 1 is 1.11 bits per heavy atom. The van der Waals surface area contributed by atoms with Crippen LogP contribution in [0.25, 0.3) is 5.69 Å². The molecule has 6 rings (SSSR count). The number of aromatic nitrogens is 3. The van der Waals surface area contributed by atoms with E-state index < -0.39 is 41.8 Å². The van der Waals surface area contributed by atoms with Gasteiger partial charge in [0, 0.05) is 6.54 Å². The molecule has 12 nitrogen and oxygen atoms in total. The molecule has 1 aromatic carbocycles. The van der Waals surface area contributed by atoms with Gasteiger partial charge < -0.3 is 24.1 Å². The SMILES string of the molecule is O=c1n(-c2ccccc2)c(=O)n2n1CCC1=C(NOC[C@@H](O)COCc3ccco3)[C@H]3O[C@H]3[C@@H](O)[C@@H]12. The average molecular weight is 498 g/mol. The maximum Gasteiger partial charge on any atom is 0.352 e. The van der Waals surface area contributed by atoms with Crippen LogP contribution < -0.4 is 16.9 Å². The molecule has 0 radical (unpaired) electrons. The number of nitrogens with one attached hydrogen (secondary N) is 1. The van der Waals surface area contributed by atoms with Crippen LogP contribution in [0.15, 0.2) is 74.0 Å². The van der Waals surface area contributed by atoms with Crippen LogP contribution in [0.1, 0.15) is 18.2 Å². The van der Waals surface area contributed by atoms with E-state index in [0.29, 0.717) is 23.6 Å². The summed E-state index contributed by atoms with van der Waals surface area (Å²) in [6.45, 7) is 0.489. The van der Waals surface area contributed by atoms with Crippen LogP contribution in [0.3, 0.4) is 0 Å². The number of furan rings is 1. The summed E-state index contributed by atoms with van der Waals surface area (Å²) in [6, 6.07) is 11.4. The minimum absolute atomic E-state index is 0.0485. The van der Waals surface area contributed by atoms with E-state index in [9.17, 15) is 19.8 Å². The Morgan fingerprint density at radius 3 is 2.72 bits per heavy atom. The molecule has 1 aliphatic carbocycles. The first-order chi connectivity index (χ1) is 17.5. The fourth-order valence-corrected chi connectivity index (χ4v) is 4.99. The zero-order valence-corrected chi connectivity index (χ0v) is 19.2. The predicted octanol–water partition coefficient (Wildman–Crippen LogP) is -0.167. The first-order valence-corrected chi connectivity index (χ1v) is 11.8. The topological polar surface area (TPSA) is 146 Å². The summed E-state index contributed by atoms with van der Waals surface area (Å²) in [4.78, 5) is 32.0. The van der Waals surface area contributed by atoms with Crippen molar-refractivity contribution in [3.63, 3.8) is 0 Å². The normalized spacial score (nSPS) is 25.2. The molecule has 3 aromatic rings. The Morgan fingerprint density at radius 2 is 1.94 bits per heavy atom. The number of hydrogen-bond acceptors (Lipinski definition) is 9. The number of benzene rings is 1. The van der Waals surface area contributed by atoms with Gasteiger partial charge in [-0.2, -0.15) is 0 Å². The molecular weight excluding hydrogens is 472 g/mol. The van der Waals surface area contributed by atoms with E-state index in [0.717, 1.165) is 10.1 Å². The average Bonchev–Trinajstić information content (AvgIpc) is 3.44. The van der Waals surface area contributed by atoms with Gasteiger partial charge in [-0.05, 0) is 36.3 Å². The van der Waals surface area contributed by atoms with Crippen molar-refractivity contribution in [3.8, 4) is 5.69 Å². The lowest BCUT2D eigenvalue weighted by Crippen LogP contribution is -2.47. The Bertz CT molecular complexity index is 1370. The Hall–Kier alpha value is -3.42. The quantitative estimate of drug-likeness (QED) is 0.270. The second kappa shape index (κ2) is 9.22. The van der Waals surface area contributed by atoms with E-state index in [-0.39, 0.29) is 26.4 Å². The summed E-state index contributed by atoms with van der Waals surface area (Å²) < 4.78 is 20.1. The minimum Gasteiger partial charge on any atom is -0.467 e. The first-order valence-electron chi connectivity index (χ1n) is 11.8. The summed E-state index contributed by atoms with van der Waals surface area (Å²) in [5.41, 5.74) is 3.68. The number of hydrogen-bond donors (Lipinski definition) is 3. The monoisotopic (exact) mass is 498 g/mol. The maximum absolute atomic E-state index is 13.4. The minimum atomic E-state index is -0.994.